The normalized spacial score (nSPS) is 18.9. The Bertz CT molecular complexity index is 913. The van der Waals surface area contributed by atoms with E-state index in [1.807, 2.05) is 0 Å². The first-order valence-corrected chi connectivity index (χ1v) is 11.5. The number of hydrogen-bond donors (Lipinski definition) is 2. The van der Waals surface area contributed by atoms with E-state index in [1.54, 1.807) is 34.7 Å². The lowest BCUT2D eigenvalue weighted by Gasteiger charge is -2.29. The van der Waals surface area contributed by atoms with E-state index < -0.39 is 5.97 Å². The molecule has 3 heterocycles. The fourth-order valence-electron chi connectivity index (χ4n) is 4.06. The number of hydrazine groups is 1. The highest BCUT2D eigenvalue weighted by atomic mass is 32.1. The molecule has 0 atom stereocenters. The molecule has 4 rings (SSSR count). The van der Waals surface area contributed by atoms with Gasteiger partial charge in [0.15, 0.2) is 5.13 Å². The minimum atomic E-state index is -0.844. The van der Waals surface area contributed by atoms with E-state index in [2.05, 4.69) is 18.7 Å². The van der Waals surface area contributed by atoms with Gasteiger partial charge in [0.25, 0.3) is 0 Å². The van der Waals surface area contributed by atoms with Crippen molar-refractivity contribution in [3.8, 4) is 9.75 Å². The topological polar surface area (TPSA) is 91.9 Å². The zero-order valence-corrected chi connectivity index (χ0v) is 18.8. The molecule has 1 aliphatic heterocycles. The molecule has 1 saturated heterocycles. The molecule has 0 amide bonds. The van der Waals surface area contributed by atoms with E-state index in [-0.39, 0.29) is 5.41 Å². The number of carboxylic acid groups (broad SMARTS) is 1. The number of aromatic nitrogens is 1. The summed E-state index contributed by atoms with van der Waals surface area (Å²) in [5.41, 5.74) is 2.46. The summed E-state index contributed by atoms with van der Waals surface area (Å²) in [6.07, 6.45) is 2.83. The monoisotopic (exact) mass is 436 g/mol. The molecule has 2 aliphatic rings. The zero-order chi connectivity index (χ0) is 20.8. The Labute approximate surface area is 179 Å². The Morgan fingerprint density at radius 3 is 2.69 bits per heavy atom. The van der Waals surface area contributed by atoms with Crippen molar-refractivity contribution in [3.05, 3.63) is 21.7 Å². The highest BCUT2D eigenvalue weighted by molar-refractivity contribution is 7.24. The second-order valence-electron chi connectivity index (χ2n) is 8.64. The van der Waals surface area contributed by atoms with E-state index in [1.165, 1.54) is 4.88 Å². The van der Waals surface area contributed by atoms with Gasteiger partial charge in [-0.25, -0.2) is 14.8 Å². The number of carboxylic acids is 1. The lowest BCUT2D eigenvalue weighted by Crippen LogP contribution is -2.36. The van der Waals surface area contributed by atoms with Crippen LogP contribution in [0.2, 0.25) is 0 Å². The molecule has 0 spiro atoms. The third kappa shape index (κ3) is 4.20. The predicted molar refractivity (Wildman–Crippen MR) is 117 cm³/mol. The van der Waals surface area contributed by atoms with Crippen molar-refractivity contribution >= 4 is 33.8 Å². The van der Waals surface area contributed by atoms with E-state index in [4.69, 9.17) is 15.6 Å². The summed E-state index contributed by atoms with van der Waals surface area (Å²) in [5.74, 6) is 5.10. The van der Waals surface area contributed by atoms with Gasteiger partial charge in [0.1, 0.15) is 0 Å². The first-order chi connectivity index (χ1) is 13.7. The van der Waals surface area contributed by atoms with Crippen LogP contribution in [0, 0.1) is 5.41 Å². The molecule has 2 aromatic rings. The van der Waals surface area contributed by atoms with Crippen LogP contribution in [0.15, 0.2) is 0 Å². The number of nitrogens with zero attached hydrogens (tertiary/aromatic N) is 3. The maximum Gasteiger partial charge on any atom is 0.337 e. The number of anilines is 1. The average Bonchev–Trinajstić information content (AvgIpc) is 3.22. The standard InChI is InChI=1S/C20H28N4O3S2/c1-20(2)5-4-14-12(10-20)15(18(25)26)17(28-14)16-13(11-23(3)21)22-19(29-16)24-6-8-27-9-7-24/h4-11,21H2,1-3H3,(H,25,26). The number of aryl methyl sites for hydroxylation is 1. The van der Waals surface area contributed by atoms with Gasteiger partial charge >= 0.3 is 5.97 Å². The van der Waals surface area contributed by atoms with Gasteiger partial charge in [0.05, 0.1) is 40.8 Å². The highest BCUT2D eigenvalue weighted by Gasteiger charge is 2.34. The molecule has 0 aromatic carbocycles. The summed E-state index contributed by atoms with van der Waals surface area (Å²) in [5, 5.41) is 12.6. The lowest BCUT2D eigenvalue weighted by atomic mass is 9.76. The fourth-order valence-corrected chi connectivity index (χ4v) is 6.65. The van der Waals surface area contributed by atoms with Gasteiger partial charge in [-0.2, -0.15) is 0 Å². The maximum atomic E-state index is 12.3. The molecule has 1 aliphatic carbocycles. The number of rotatable bonds is 5. The van der Waals surface area contributed by atoms with Crippen LogP contribution in [0.1, 0.15) is 46.8 Å². The molecule has 29 heavy (non-hydrogen) atoms. The van der Waals surface area contributed by atoms with Crippen molar-refractivity contribution in [1.82, 2.24) is 9.99 Å². The number of hydrogen-bond acceptors (Lipinski definition) is 8. The number of ether oxygens (including phenoxy) is 1. The zero-order valence-electron chi connectivity index (χ0n) is 17.2. The molecule has 1 fully saturated rings. The van der Waals surface area contributed by atoms with E-state index in [0.29, 0.717) is 25.3 Å². The number of thiophene rings is 1. The Morgan fingerprint density at radius 2 is 2.03 bits per heavy atom. The lowest BCUT2D eigenvalue weighted by molar-refractivity contribution is 0.0696. The van der Waals surface area contributed by atoms with E-state index in [9.17, 15) is 9.90 Å². The molecule has 3 N–H and O–H groups in total. The Kier molecular flexibility index (Phi) is 5.69. The minimum absolute atomic E-state index is 0.127. The molecular weight excluding hydrogens is 408 g/mol. The van der Waals surface area contributed by atoms with Crippen LogP contribution >= 0.6 is 22.7 Å². The van der Waals surface area contributed by atoms with Crippen molar-refractivity contribution in [2.24, 2.45) is 11.3 Å². The van der Waals surface area contributed by atoms with Gasteiger partial charge in [-0.15, -0.1) is 11.3 Å². The van der Waals surface area contributed by atoms with Crippen LogP contribution in [-0.4, -0.2) is 54.4 Å². The van der Waals surface area contributed by atoms with E-state index in [0.717, 1.165) is 58.5 Å². The van der Waals surface area contributed by atoms with Crippen LogP contribution in [0.4, 0.5) is 5.13 Å². The first kappa shape index (κ1) is 20.7. The number of fused-ring (bicyclic) bond motifs is 1. The smallest absolute Gasteiger partial charge is 0.337 e. The first-order valence-electron chi connectivity index (χ1n) is 9.91. The van der Waals surface area contributed by atoms with Crippen LogP contribution in [0.5, 0.6) is 0 Å². The van der Waals surface area contributed by atoms with Crippen molar-refractivity contribution in [2.75, 3.05) is 38.3 Å². The Balaban J connectivity index is 1.82. The molecule has 0 bridgehead atoms. The summed E-state index contributed by atoms with van der Waals surface area (Å²) in [6.45, 7) is 7.88. The van der Waals surface area contributed by atoms with Crippen molar-refractivity contribution in [3.63, 3.8) is 0 Å². The third-order valence-corrected chi connectivity index (χ3v) is 8.18. The van der Waals surface area contributed by atoms with Crippen LogP contribution in [-0.2, 0) is 24.1 Å². The molecule has 2 aromatic heterocycles. The second kappa shape index (κ2) is 7.96. The van der Waals surface area contributed by atoms with Gasteiger partial charge < -0.3 is 14.7 Å². The molecule has 158 valence electrons. The summed E-state index contributed by atoms with van der Waals surface area (Å²) < 4.78 is 5.46. The number of morpholine rings is 1. The molecule has 7 nitrogen and oxygen atoms in total. The number of nitrogens with two attached hydrogens (primary N) is 1. The molecular formula is C20H28N4O3S2. The summed E-state index contributed by atoms with van der Waals surface area (Å²) in [7, 11) is 1.80. The minimum Gasteiger partial charge on any atom is -0.478 e. The predicted octanol–water partition coefficient (Wildman–Crippen LogP) is 3.23. The van der Waals surface area contributed by atoms with Gasteiger partial charge in [0, 0.05) is 25.0 Å². The Hall–Kier alpha value is -1.52. The molecule has 0 saturated carbocycles. The summed E-state index contributed by atoms with van der Waals surface area (Å²) in [6, 6.07) is 0. The van der Waals surface area contributed by atoms with E-state index >= 15 is 0 Å². The second-order valence-corrected chi connectivity index (χ2v) is 10.7. The molecule has 9 heteroatoms. The van der Waals surface area contributed by atoms with Gasteiger partial charge in [-0.05, 0) is 30.2 Å². The number of thiazole rings is 1. The Morgan fingerprint density at radius 1 is 1.31 bits per heavy atom. The quantitative estimate of drug-likeness (QED) is 0.549. The largest absolute Gasteiger partial charge is 0.478 e. The van der Waals surface area contributed by atoms with Gasteiger partial charge in [-0.1, -0.05) is 25.2 Å². The van der Waals surface area contributed by atoms with Crippen molar-refractivity contribution in [1.29, 1.82) is 0 Å². The maximum absolute atomic E-state index is 12.3. The van der Waals surface area contributed by atoms with Crippen LogP contribution in [0.3, 0.4) is 0 Å². The van der Waals surface area contributed by atoms with Crippen LogP contribution < -0.4 is 10.7 Å². The molecule has 0 unspecified atom stereocenters. The molecule has 0 radical (unpaired) electrons. The average molecular weight is 437 g/mol. The SMILES string of the molecule is CN(N)Cc1nc(N2CCOCC2)sc1-c1sc2c(c1C(=O)O)CC(C)(C)CC2. The summed E-state index contributed by atoms with van der Waals surface area (Å²) in [4.78, 5) is 22.4. The van der Waals surface area contributed by atoms with Crippen LogP contribution in [0.25, 0.3) is 9.75 Å². The van der Waals surface area contributed by atoms with Crippen molar-refractivity contribution in [2.45, 2.75) is 39.7 Å². The van der Waals surface area contributed by atoms with Gasteiger partial charge in [-0.3, -0.25) is 5.84 Å². The number of carbonyl (C=O) groups is 1. The highest BCUT2D eigenvalue weighted by Crippen LogP contribution is 2.48. The fraction of sp³-hybridized carbons (Fsp3) is 0.600. The third-order valence-electron chi connectivity index (χ3n) is 5.56. The number of aromatic carboxylic acids is 1. The summed E-state index contributed by atoms with van der Waals surface area (Å²) >= 11 is 3.21. The van der Waals surface area contributed by atoms with Crippen molar-refractivity contribution < 1.29 is 14.6 Å². The van der Waals surface area contributed by atoms with Gasteiger partial charge in [0.2, 0.25) is 0 Å².